The lowest BCUT2D eigenvalue weighted by molar-refractivity contribution is -0.118. The third-order valence-corrected chi connectivity index (χ3v) is 6.98. The number of benzene rings is 3. The standard InChI is InChI=1S/C28H30N2O4/c31-25-8-6-19(14-26(25)32)17-30-12-10-22-16-28(33)29-24-15-21(20-4-2-1-3-5-20)7-9-27(24)34-13-11-23(22)18-30/h1-9,14-15,22-23,31-32H,10-13,16-18H2,(H,29,33)/t22-,23-/m0/s1. The van der Waals surface area contributed by atoms with Crippen molar-refractivity contribution in [2.24, 2.45) is 11.8 Å². The van der Waals surface area contributed by atoms with Gasteiger partial charge < -0.3 is 20.3 Å². The van der Waals surface area contributed by atoms with Crippen LogP contribution in [0.5, 0.6) is 17.2 Å². The molecule has 1 fully saturated rings. The molecule has 0 bridgehead atoms. The summed E-state index contributed by atoms with van der Waals surface area (Å²) in [4.78, 5) is 15.3. The van der Waals surface area contributed by atoms with Gasteiger partial charge in [-0.15, -0.1) is 0 Å². The lowest BCUT2D eigenvalue weighted by Gasteiger charge is -2.39. The van der Waals surface area contributed by atoms with Gasteiger partial charge in [-0.1, -0.05) is 42.5 Å². The second kappa shape index (κ2) is 9.77. The highest BCUT2D eigenvalue weighted by molar-refractivity contribution is 5.93. The molecule has 3 aromatic rings. The summed E-state index contributed by atoms with van der Waals surface area (Å²) >= 11 is 0. The van der Waals surface area contributed by atoms with Gasteiger partial charge in [-0.25, -0.2) is 0 Å². The minimum absolute atomic E-state index is 0.0314. The SMILES string of the molecule is O=C1C[C@@H]2CCN(Cc3ccc(O)c(O)c3)C[C@@H]2CCOc2ccc(-c3ccccc3)cc2N1. The van der Waals surface area contributed by atoms with E-state index in [1.807, 2.05) is 42.5 Å². The second-order valence-corrected chi connectivity index (χ2v) is 9.33. The highest BCUT2D eigenvalue weighted by Crippen LogP contribution is 2.36. The van der Waals surface area contributed by atoms with Gasteiger partial charge in [0.15, 0.2) is 11.5 Å². The lowest BCUT2D eigenvalue weighted by Crippen LogP contribution is -2.42. The Hall–Kier alpha value is -3.51. The van der Waals surface area contributed by atoms with Crippen molar-refractivity contribution in [2.45, 2.75) is 25.8 Å². The molecule has 1 saturated heterocycles. The molecule has 2 atom stereocenters. The molecule has 0 unspecified atom stereocenters. The molecule has 2 heterocycles. The summed E-state index contributed by atoms with van der Waals surface area (Å²) in [6.07, 6.45) is 2.34. The maximum Gasteiger partial charge on any atom is 0.224 e. The number of nitrogens with one attached hydrogen (secondary N) is 1. The molecule has 0 spiro atoms. The zero-order valence-corrected chi connectivity index (χ0v) is 19.1. The zero-order valence-electron chi connectivity index (χ0n) is 19.1. The molecule has 0 saturated carbocycles. The lowest BCUT2D eigenvalue weighted by atomic mass is 9.81. The Morgan fingerprint density at radius 3 is 2.59 bits per heavy atom. The first-order valence-corrected chi connectivity index (χ1v) is 11.9. The number of phenolic OH excluding ortho intramolecular Hbond substituents is 2. The molecule has 6 heteroatoms. The number of phenols is 2. The number of aromatic hydroxyl groups is 2. The van der Waals surface area contributed by atoms with Gasteiger partial charge in [0.1, 0.15) is 5.75 Å². The van der Waals surface area contributed by atoms with Crippen molar-refractivity contribution in [2.75, 3.05) is 25.0 Å². The van der Waals surface area contributed by atoms with Gasteiger partial charge in [0.25, 0.3) is 0 Å². The average Bonchev–Trinajstić information content (AvgIpc) is 2.84. The highest BCUT2D eigenvalue weighted by Gasteiger charge is 2.31. The van der Waals surface area contributed by atoms with Gasteiger partial charge in [0.05, 0.1) is 12.3 Å². The van der Waals surface area contributed by atoms with Gasteiger partial charge in [-0.2, -0.15) is 0 Å². The molecule has 0 radical (unpaired) electrons. The van der Waals surface area contributed by atoms with E-state index in [4.69, 9.17) is 4.74 Å². The first-order chi connectivity index (χ1) is 16.5. The molecule has 34 heavy (non-hydrogen) atoms. The molecule has 0 aromatic heterocycles. The number of rotatable bonds is 3. The van der Waals surface area contributed by atoms with Crippen LogP contribution in [-0.4, -0.2) is 40.7 Å². The molecule has 3 aromatic carbocycles. The minimum Gasteiger partial charge on any atom is -0.504 e. The maximum atomic E-state index is 13.0. The van der Waals surface area contributed by atoms with Crippen LogP contribution in [-0.2, 0) is 11.3 Å². The van der Waals surface area contributed by atoms with Crippen molar-refractivity contribution in [1.29, 1.82) is 0 Å². The van der Waals surface area contributed by atoms with Crippen LogP contribution in [0, 0.1) is 11.8 Å². The number of amides is 1. The van der Waals surface area contributed by atoms with E-state index in [9.17, 15) is 15.0 Å². The number of ether oxygens (including phenoxy) is 1. The monoisotopic (exact) mass is 458 g/mol. The molecular formula is C28H30N2O4. The van der Waals surface area contributed by atoms with Crippen molar-refractivity contribution in [3.05, 3.63) is 72.3 Å². The van der Waals surface area contributed by atoms with E-state index in [2.05, 4.69) is 22.3 Å². The number of piperidine rings is 1. The van der Waals surface area contributed by atoms with Gasteiger partial charge >= 0.3 is 0 Å². The van der Waals surface area contributed by atoms with Crippen molar-refractivity contribution in [3.8, 4) is 28.4 Å². The summed E-state index contributed by atoms with van der Waals surface area (Å²) < 4.78 is 6.14. The minimum atomic E-state index is -0.103. The van der Waals surface area contributed by atoms with Crippen LogP contribution in [0.3, 0.4) is 0 Å². The molecule has 2 aliphatic rings. The van der Waals surface area contributed by atoms with Crippen molar-refractivity contribution >= 4 is 11.6 Å². The van der Waals surface area contributed by atoms with Gasteiger partial charge in [0, 0.05) is 19.5 Å². The molecule has 0 aliphatic carbocycles. The number of hydrogen-bond donors (Lipinski definition) is 3. The van der Waals surface area contributed by atoms with Crippen LogP contribution in [0.2, 0.25) is 0 Å². The molecule has 1 amide bonds. The van der Waals surface area contributed by atoms with E-state index in [-0.39, 0.29) is 17.4 Å². The summed E-state index contributed by atoms with van der Waals surface area (Å²) in [6.45, 7) is 3.08. The largest absolute Gasteiger partial charge is 0.504 e. The van der Waals surface area contributed by atoms with Crippen LogP contribution in [0.4, 0.5) is 5.69 Å². The normalized spacial score (nSPS) is 21.0. The molecule has 3 N–H and O–H groups in total. The number of carbonyl (C=O) groups is 1. The number of carbonyl (C=O) groups excluding carboxylic acids is 1. The summed E-state index contributed by atoms with van der Waals surface area (Å²) in [7, 11) is 0. The van der Waals surface area contributed by atoms with Crippen molar-refractivity contribution in [3.63, 3.8) is 0 Å². The Bertz CT molecular complexity index is 1160. The quantitative estimate of drug-likeness (QED) is 0.481. The topological polar surface area (TPSA) is 82.0 Å². The smallest absolute Gasteiger partial charge is 0.224 e. The highest BCUT2D eigenvalue weighted by atomic mass is 16.5. The fourth-order valence-corrected chi connectivity index (χ4v) is 5.14. The Morgan fingerprint density at radius 2 is 1.76 bits per heavy atom. The van der Waals surface area contributed by atoms with Crippen LogP contribution < -0.4 is 10.1 Å². The third kappa shape index (κ3) is 5.02. The first-order valence-electron chi connectivity index (χ1n) is 11.9. The van der Waals surface area contributed by atoms with Crippen molar-refractivity contribution in [1.82, 2.24) is 4.90 Å². The van der Waals surface area contributed by atoms with Gasteiger partial charge in [-0.05, 0) is 72.2 Å². The van der Waals surface area contributed by atoms with Gasteiger partial charge in [-0.3, -0.25) is 9.69 Å². The number of nitrogens with zero attached hydrogens (tertiary/aromatic N) is 1. The summed E-state index contributed by atoms with van der Waals surface area (Å²) in [5.74, 6) is 1.21. The zero-order chi connectivity index (χ0) is 23.5. The first kappa shape index (κ1) is 22.3. The molecule has 2 aliphatic heterocycles. The molecule has 176 valence electrons. The summed E-state index contributed by atoms with van der Waals surface area (Å²) in [5.41, 5.74) is 3.85. The van der Waals surface area contributed by atoms with Gasteiger partial charge in [0.2, 0.25) is 5.91 Å². The summed E-state index contributed by atoms with van der Waals surface area (Å²) in [6, 6.07) is 21.1. The average molecular weight is 459 g/mol. The third-order valence-electron chi connectivity index (χ3n) is 6.98. The maximum absolute atomic E-state index is 13.0. The Morgan fingerprint density at radius 1 is 0.912 bits per heavy atom. The fourth-order valence-electron chi connectivity index (χ4n) is 5.14. The number of anilines is 1. The Kier molecular flexibility index (Phi) is 6.41. The van der Waals surface area contributed by atoms with Crippen LogP contribution in [0.1, 0.15) is 24.8 Å². The Labute approximate surface area is 199 Å². The predicted octanol–water partition coefficient (Wildman–Crippen LogP) is 5.01. The number of hydrogen-bond acceptors (Lipinski definition) is 5. The molecular weight excluding hydrogens is 428 g/mol. The fraction of sp³-hybridized carbons (Fsp3) is 0.321. The van der Waals surface area contributed by atoms with E-state index in [0.717, 1.165) is 48.3 Å². The van der Waals surface area contributed by atoms with Crippen molar-refractivity contribution < 1.29 is 19.7 Å². The predicted molar refractivity (Wildman–Crippen MR) is 132 cm³/mol. The summed E-state index contributed by atoms with van der Waals surface area (Å²) in [5, 5.41) is 22.5. The van der Waals surface area contributed by atoms with E-state index >= 15 is 0 Å². The van der Waals surface area contributed by atoms with Crippen LogP contribution in [0.15, 0.2) is 66.7 Å². The molecule has 6 nitrogen and oxygen atoms in total. The second-order valence-electron chi connectivity index (χ2n) is 9.33. The Balaban J connectivity index is 1.29. The number of likely N-dealkylation sites (tertiary alicyclic amines) is 1. The van der Waals surface area contributed by atoms with Crippen LogP contribution >= 0.6 is 0 Å². The molecule has 5 rings (SSSR count). The van der Waals surface area contributed by atoms with Crippen LogP contribution in [0.25, 0.3) is 11.1 Å². The van der Waals surface area contributed by atoms with E-state index in [0.29, 0.717) is 37.2 Å². The van der Waals surface area contributed by atoms with E-state index in [1.54, 1.807) is 6.07 Å². The number of fused-ring (bicyclic) bond motifs is 2. The van der Waals surface area contributed by atoms with E-state index < -0.39 is 0 Å². The van der Waals surface area contributed by atoms with E-state index in [1.165, 1.54) is 6.07 Å².